The van der Waals surface area contributed by atoms with E-state index >= 15 is 0 Å². The number of fused-ring (bicyclic) bond motifs is 1. The zero-order chi connectivity index (χ0) is 22.8. The number of carbonyl (C=O) groups excluding carboxylic acids is 1. The van der Waals surface area contributed by atoms with Crippen LogP contribution >= 0.6 is 34.4 Å². The van der Waals surface area contributed by atoms with E-state index < -0.39 is 5.97 Å². The van der Waals surface area contributed by atoms with Gasteiger partial charge in [0.15, 0.2) is 4.34 Å². The molecule has 12 heteroatoms. The lowest BCUT2D eigenvalue weighted by Crippen LogP contribution is -2.12. The number of anilines is 2. The maximum atomic E-state index is 13.8. The van der Waals surface area contributed by atoms with E-state index in [0.717, 1.165) is 11.3 Å². The first-order valence-electron chi connectivity index (χ1n) is 9.59. The van der Waals surface area contributed by atoms with E-state index in [-0.39, 0.29) is 23.2 Å². The number of H-pyrrole nitrogens is 1. The molecule has 4 aromatic rings. The number of aryl methyl sites for hydroxylation is 1. The fourth-order valence-electron chi connectivity index (χ4n) is 2.94. The molecule has 0 saturated heterocycles. The van der Waals surface area contributed by atoms with Crippen molar-refractivity contribution in [3.63, 3.8) is 0 Å². The molecule has 3 aromatic heterocycles. The summed E-state index contributed by atoms with van der Waals surface area (Å²) in [5.74, 6) is -0.378. The summed E-state index contributed by atoms with van der Waals surface area (Å²) in [6.45, 7) is 5.58. The number of thioether (sulfide) groups is 1. The molecule has 0 aliphatic rings. The molecular weight excluding hydrogens is 473 g/mol. The van der Waals surface area contributed by atoms with Crippen LogP contribution in [0.5, 0.6) is 0 Å². The summed E-state index contributed by atoms with van der Waals surface area (Å²) in [7, 11) is 0. The third-order valence-electron chi connectivity index (χ3n) is 4.46. The Morgan fingerprint density at radius 1 is 1.31 bits per heavy atom. The van der Waals surface area contributed by atoms with Gasteiger partial charge in [0.2, 0.25) is 5.13 Å². The SMILES string of the molecule is CCOC(=O)c1sc2nc(C(C)Sc3nnc(Nc4ccccc4F)s3)[nH]c(=O)c2c1C. The van der Waals surface area contributed by atoms with Gasteiger partial charge in [-0.15, -0.1) is 21.5 Å². The molecule has 0 amide bonds. The largest absolute Gasteiger partial charge is 0.462 e. The molecular formula is C20H18FN5O3S3. The van der Waals surface area contributed by atoms with Crippen LogP contribution in [0, 0.1) is 12.7 Å². The maximum absolute atomic E-state index is 13.8. The molecule has 1 atom stereocenters. The molecule has 32 heavy (non-hydrogen) atoms. The number of ether oxygens (including phenoxy) is 1. The Labute approximate surface area is 194 Å². The molecule has 3 heterocycles. The minimum absolute atomic E-state index is 0.241. The van der Waals surface area contributed by atoms with E-state index in [0.29, 0.717) is 41.6 Å². The van der Waals surface area contributed by atoms with Crippen molar-refractivity contribution in [3.8, 4) is 0 Å². The van der Waals surface area contributed by atoms with E-state index in [2.05, 4.69) is 25.5 Å². The fourth-order valence-corrected chi connectivity index (χ4v) is 5.99. The molecule has 8 nitrogen and oxygen atoms in total. The first kappa shape index (κ1) is 22.4. The number of aromatic amines is 1. The average Bonchev–Trinajstić information content (AvgIpc) is 3.34. The highest BCUT2D eigenvalue weighted by molar-refractivity contribution is 8.01. The lowest BCUT2D eigenvalue weighted by atomic mass is 10.2. The van der Waals surface area contributed by atoms with Crippen molar-refractivity contribution >= 4 is 61.4 Å². The molecule has 0 aliphatic carbocycles. The monoisotopic (exact) mass is 491 g/mol. The van der Waals surface area contributed by atoms with Crippen molar-refractivity contribution in [1.29, 1.82) is 0 Å². The van der Waals surface area contributed by atoms with Crippen LogP contribution in [0.2, 0.25) is 0 Å². The molecule has 1 aromatic carbocycles. The number of esters is 1. The summed E-state index contributed by atoms with van der Waals surface area (Å²) in [4.78, 5) is 33.1. The third kappa shape index (κ3) is 4.52. The Kier molecular flexibility index (Phi) is 6.53. The zero-order valence-electron chi connectivity index (χ0n) is 17.3. The predicted molar refractivity (Wildman–Crippen MR) is 125 cm³/mol. The molecule has 0 bridgehead atoms. The Morgan fingerprint density at radius 2 is 2.09 bits per heavy atom. The summed E-state index contributed by atoms with van der Waals surface area (Å²) in [6, 6.07) is 6.31. The third-order valence-corrected chi connectivity index (χ3v) is 7.66. The molecule has 166 valence electrons. The van der Waals surface area contributed by atoms with E-state index in [4.69, 9.17) is 4.74 Å². The van der Waals surface area contributed by atoms with Crippen molar-refractivity contribution in [1.82, 2.24) is 20.2 Å². The molecule has 0 aliphatic heterocycles. The van der Waals surface area contributed by atoms with Gasteiger partial charge in [-0.3, -0.25) is 4.79 Å². The van der Waals surface area contributed by atoms with Crippen molar-refractivity contribution in [3.05, 3.63) is 56.7 Å². The van der Waals surface area contributed by atoms with E-state index in [9.17, 15) is 14.0 Å². The second kappa shape index (κ2) is 9.35. The lowest BCUT2D eigenvalue weighted by Gasteiger charge is -2.08. The quantitative estimate of drug-likeness (QED) is 0.273. The Bertz CT molecular complexity index is 1350. The van der Waals surface area contributed by atoms with Crippen LogP contribution in [0.15, 0.2) is 33.4 Å². The van der Waals surface area contributed by atoms with Crippen LogP contribution in [-0.4, -0.2) is 32.7 Å². The van der Waals surface area contributed by atoms with Gasteiger partial charge in [0.05, 0.1) is 22.9 Å². The fraction of sp³-hybridized carbons (Fsp3) is 0.250. The first-order chi connectivity index (χ1) is 15.4. The number of halogens is 1. The van der Waals surface area contributed by atoms with Crippen molar-refractivity contribution < 1.29 is 13.9 Å². The van der Waals surface area contributed by atoms with Gasteiger partial charge in [-0.25, -0.2) is 14.2 Å². The van der Waals surface area contributed by atoms with Crippen LogP contribution in [0.3, 0.4) is 0 Å². The number of rotatable bonds is 7. The number of carbonyl (C=O) groups is 1. The molecule has 1 unspecified atom stereocenters. The summed E-state index contributed by atoms with van der Waals surface area (Å²) in [5, 5.41) is 11.7. The van der Waals surface area contributed by atoms with Gasteiger partial charge in [0.25, 0.3) is 5.56 Å². The van der Waals surface area contributed by atoms with Gasteiger partial charge in [-0.2, -0.15) is 0 Å². The van der Waals surface area contributed by atoms with Gasteiger partial charge in [0.1, 0.15) is 21.3 Å². The molecule has 2 N–H and O–H groups in total. The van der Waals surface area contributed by atoms with Gasteiger partial charge >= 0.3 is 5.97 Å². The van der Waals surface area contributed by atoms with Gasteiger partial charge in [-0.05, 0) is 38.5 Å². The topological polar surface area (TPSA) is 110 Å². The second-order valence-corrected chi connectivity index (χ2v) is 10.2. The standard InChI is InChI=1S/C20H18FN5O3S3/c1-4-29-18(28)14-9(2)13-16(27)23-15(24-17(13)31-14)10(3)30-20-26-25-19(32-20)22-12-8-6-5-7-11(12)21/h5-8,10H,4H2,1-3H3,(H,22,25)(H,23,24,27). The number of benzene rings is 1. The van der Waals surface area contributed by atoms with Crippen molar-refractivity contribution in [2.45, 2.75) is 30.4 Å². The van der Waals surface area contributed by atoms with Crippen molar-refractivity contribution in [2.24, 2.45) is 0 Å². The Balaban J connectivity index is 1.55. The zero-order valence-corrected chi connectivity index (χ0v) is 19.7. The summed E-state index contributed by atoms with van der Waals surface area (Å²) >= 11 is 3.78. The van der Waals surface area contributed by atoms with Gasteiger partial charge in [-0.1, -0.05) is 35.2 Å². The van der Waals surface area contributed by atoms with Gasteiger partial charge in [0, 0.05) is 0 Å². The maximum Gasteiger partial charge on any atom is 0.348 e. The highest BCUT2D eigenvalue weighted by Gasteiger charge is 2.22. The van der Waals surface area contributed by atoms with Crippen LogP contribution in [-0.2, 0) is 4.74 Å². The molecule has 0 fully saturated rings. The number of nitrogens with zero attached hydrogens (tertiary/aromatic N) is 3. The molecule has 4 rings (SSSR count). The molecule has 0 spiro atoms. The number of para-hydroxylation sites is 1. The lowest BCUT2D eigenvalue weighted by molar-refractivity contribution is 0.0531. The Morgan fingerprint density at radius 3 is 2.84 bits per heavy atom. The first-order valence-corrected chi connectivity index (χ1v) is 12.1. The van der Waals surface area contributed by atoms with E-state index in [1.807, 2.05) is 6.92 Å². The van der Waals surface area contributed by atoms with Crippen LogP contribution in [0.1, 0.15) is 40.2 Å². The average molecular weight is 492 g/mol. The van der Waals surface area contributed by atoms with Crippen LogP contribution in [0.25, 0.3) is 10.2 Å². The minimum atomic E-state index is -0.458. The van der Waals surface area contributed by atoms with E-state index in [1.165, 1.54) is 29.2 Å². The molecule has 0 saturated carbocycles. The Hall–Kier alpha value is -2.83. The predicted octanol–water partition coefficient (Wildman–Crippen LogP) is 5.06. The molecule has 0 radical (unpaired) electrons. The summed E-state index contributed by atoms with van der Waals surface area (Å²) < 4.78 is 19.5. The number of hydrogen-bond acceptors (Lipinski definition) is 10. The van der Waals surface area contributed by atoms with Gasteiger partial charge < -0.3 is 15.0 Å². The summed E-state index contributed by atoms with van der Waals surface area (Å²) in [5.41, 5.74) is 0.577. The summed E-state index contributed by atoms with van der Waals surface area (Å²) in [6.07, 6.45) is 0. The van der Waals surface area contributed by atoms with Crippen LogP contribution < -0.4 is 10.9 Å². The number of thiophene rings is 1. The van der Waals surface area contributed by atoms with Crippen molar-refractivity contribution in [2.75, 3.05) is 11.9 Å². The number of nitrogens with one attached hydrogen (secondary N) is 2. The highest BCUT2D eigenvalue weighted by Crippen LogP contribution is 2.37. The number of hydrogen-bond donors (Lipinski definition) is 2. The second-order valence-electron chi connectivity index (χ2n) is 6.65. The smallest absolute Gasteiger partial charge is 0.348 e. The van der Waals surface area contributed by atoms with Crippen LogP contribution in [0.4, 0.5) is 15.2 Å². The number of aromatic nitrogens is 4. The van der Waals surface area contributed by atoms with E-state index in [1.54, 1.807) is 32.0 Å². The highest BCUT2D eigenvalue weighted by atomic mass is 32.2. The minimum Gasteiger partial charge on any atom is -0.462 e. The normalized spacial score (nSPS) is 12.1.